The summed E-state index contributed by atoms with van der Waals surface area (Å²) >= 11 is 0. The molecule has 0 saturated heterocycles. The molecule has 1 atom stereocenters. The zero-order valence-electron chi connectivity index (χ0n) is 16.6. The minimum absolute atomic E-state index is 0.0122. The van der Waals surface area contributed by atoms with Gasteiger partial charge in [-0.15, -0.1) is 0 Å². The van der Waals surface area contributed by atoms with Crippen LogP contribution in [0.25, 0.3) is 11.0 Å². The maximum Gasteiger partial charge on any atom is 0.329 e. The second-order valence-electron chi connectivity index (χ2n) is 6.78. The highest BCUT2D eigenvalue weighted by atomic mass is 16.5. The zero-order chi connectivity index (χ0) is 20.1. The highest BCUT2D eigenvalue weighted by molar-refractivity contribution is 5.81. The average molecular weight is 381 g/mol. The highest BCUT2D eigenvalue weighted by Crippen LogP contribution is 2.26. The number of hydrogen-bond donors (Lipinski definition) is 1. The lowest BCUT2D eigenvalue weighted by Crippen LogP contribution is -2.35. The van der Waals surface area contributed by atoms with Gasteiger partial charge in [0.05, 0.1) is 24.2 Å². The minimum Gasteiger partial charge on any atom is -0.496 e. The number of ether oxygens (including phenoxy) is 1. The van der Waals surface area contributed by atoms with Crippen molar-refractivity contribution < 1.29 is 9.53 Å². The first-order valence-electron chi connectivity index (χ1n) is 9.71. The first-order valence-corrected chi connectivity index (χ1v) is 9.71. The largest absolute Gasteiger partial charge is 0.496 e. The van der Waals surface area contributed by atoms with Gasteiger partial charge in [0.1, 0.15) is 12.3 Å². The average Bonchev–Trinajstić information content (AvgIpc) is 2.98. The Labute approximate surface area is 164 Å². The fraction of sp³-hybridized carbons (Fsp3) is 0.364. The van der Waals surface area contributed by atoms with Crippen molar-refractivity contribution in [2.45, 2.75) is 45.8 Å². The molecule has 6 heteroatoms. The van der Waals surface area contributed by atoms with Crippen molar-refractivity contribution >= 4 is 16.9 Å². The Morgan fingerprint density at radius 2 is 1.68 bits per heavy atom. The minimum atomic E-state index is -0.195. The van der Waals surface area contributed by atoms with E-state index in [1.165, 1.54) is 0 Å². The third kappa shape index (κ3) is 3.81. The fourth-order valence-electron chi connectivity index (χ4n) is 3.60. The number of para-hydroxylation sites is 3. The summed E-state index contributed by atoms with van der Waals surface area (Å²) in [7, 11) is 1.62. The van der Waals surface area contributed by atoms with E-state index in [2.05, 4.69) is 5.32 Å². The molecule has 0 bridgehead atoms. The van der Waals surface area contributed by atoms with E-state index in [0.29, 0.717) is 6.54 Å². The van der Waals surface area contributed by atoms with Gasteiger partial charge in [-0.25, -0.2) is 4.79 Å². The number of rotatable bonds is 8. The summed E-state index contributed by atoms with van der Waals surface area (Å²) in [5.41, 5.74) is 2.42. The Bertz CT molecular complexity index is 1020. The predicted octanol–water partition coefficient (Wildman–Crippen LogP) is 3.49. The van der Waals surface area contributed by atoms with Crippen LogP contribution in [0.3, 0.4) is 0 Å². The van der Waals surface area contributed by atoms with E-state index in [4.69, 9.17) is 4.74 Å². The number of nitrogens with zero attached hydrogens (tertiary/aromatic N) is 2. The summed E-state index contributed by atoms with van der Waals surface area (Å²) in [6, 6.07) is 15.1. The van der Waals surface area contributed by atoms with Crippen LogP contribution in [0, 0.1) is 0 Å². The van der Waals surface area contributed by atoms with E-state index >= 15 is 0 Å². The second-order valence-corrected chi connectivity index (χ2v) is 6.78. The van der Waals surface area contributed by atoms with Crippen LogP contribution in [0.1, 0.15) is 38.3 Å². The van der Waals surface area contributed by atoms with Gasteiger partial charge in [-0.1, -0.05) is 44.2 Å². The number of aryl methyl sites for hydroxylation is 1. The van der Waals surface area contributed by atoms with Crippen LogP contribution in [0.2, 0.25) is 0 Å². The van der Waals surface area contributed by atoms with Crippen molar-refractivity contribution in [3.8, 4) is 5.75 Å². The van der Waals surface area contributed by atoms with Crippen molar-refractivity contribution in [1.82, 2.24) is 14.5 Å². The van der Waals surface area contributed by atoms with Gasteiger partial charge in [0.25, 0.3) is 0 Å². The molecule has 0 aliphatic rings. The lowest BCUT2D eigenvalue weighted by molar-refractivity contribution is -0.122. The molecular formula is C22H27N3O3. The molecule has 0 saturated carbocycles. The Balaban J connectivity index is 1.87. The standard InChI is InChI=1S/C22H27N3O3/c1-4-14-24-18-11-7-8-12-19(18)25(22(24)27)15-21(26)23-17(5-2)16-10-6-9-13-20(16)28-3/h6-13,17H,4-5,14-15H2,1-3H3,(H,23,26). The third-order valence-corrected chi connectivity index (χ3v) is 4.93. The second kappa shape index (κ2) is 8.78. The molecule has 0 spiro atoms. The quantitative estimate of drug-likeness (QED) is 0.650. The molecule has 2 aromatic carbocycles. The number of methoxy groups -OCH3 is 1. The molecule has 6 nitrogen and oxygen atoms in total. The van der Waals surface area contributed by atoms with Crippen molar-refractivity contribution in [3.63, 3.8) is 0 Å². The van der Waals surface area contributed by atoms with Gasteiger partial charge in [-0.2, -0.15) is 0 Å². The number of benzene rings is 2. The number of aromatic nitrogens is 2. The van der Waals surface area contributed by atoms with E-state index in [1.54, 1.807) is 16.2 Å². The maximum absolute atomic E-state index is 12.9. The lowest BCUT2D eigenvalue weighted by Gasteiger charge is -2.20. The first-order chi connectivity index (χ1) is 13.6. The number of carbonyl (C=O) groups excluding carboxylic acids is 1. The molecule has 0 aliphatic carbocycles. The van der Waals surface area contributed by atoms with Crippen LogP contribution in [0.5, 0.6) is 5.75 Å². The van der Waals surface area contributed by atoms with Gasteiger partial charge in [0, 0.05) is 12.1 Å². The number of nitrogens with one attached hydrogen (secondary N) is 1. The summed E-state index contributed by atoms with van der Waals surface area (Å²) in [4.78, 5) is 25.7. The molecule has 1 amide bonds. The van der Waals surface area contributed by atoms with Crippen LogP contribution >= 0.6 is 0 Å². The molecule has 1 heterocycles. The van der Waals surface area contributed by atoms with E-state index < -0.39 is 0 Å². The molecule has 1 unspecified atom stereocenters. The molecule has 0 aliphatic heterocycles. The summed E-state index contributed by atoms with van der Waals surface area (Å²) < 4.78 is 8.71. The number of fused-ring (bicyclic) bond motifs is 1. The molecule has 0 radical (unpaired) electrons. The zero-order valence-corrected chi connectivity index (χ0v) is 16.6. The van der Waals surface area contributed by atoms with Gasteiger partial charge in [-0.3, -0.25) is 13.9 Å². The molecule has 0 fully saturated rings. The number of imidazole rings is 1. The van der Waals surface area contributed by atoms with E-state index in [1.807, 2.05) is 62.4 Å². The maximum atomic E-state index is 12.9. The van der Waals surface area contributed by atoms with Gasteiger partial charge in [0.2, 0.25) is 5.91 Å². The molecule has 3 aromatic rings. The van der Waals surface area contributed by atoms with Gasteiger partial charge in [-0.05, 0) is 31.0 Å². The summed E-state index contributed by atoms with van der Waals surface area (Å²) in [5, 5.41) is 3.05. The topological polar surface area (TPSA) is 65.3 Å². The van der Waals surface area contributed by atoms with E-state index in [9.17, 15) is 9.59 Å². The van der Waals surface area contributed by atoms with Crippen LogP contribution in [-0.2, 0) is 17.9 Å². The SMILES string of the molecule is CCCn1c(=O)n(CC(=O)NC(CC)c2ccccc2OC)c2ccccc21. The van der Waals surface area contributed by atoms with Gasteiger partial charge in [0.15, 0.2) is 0 Å². The van der Waals surface area contributed by atoms with Crippen molar-refractivity contribution in [3.05, 3.63) is 64.6 Å². The first kappa shape index (κ1) is 19.7. The van der Waals surface area contributed by atoms with Crippen molar-refractivity contribution in [2.24, 2.45) is 0 Å². The normalized spacial score (nSPS) is 12.1. The Kier molecular flexibility index (Phi) is 6.19. The van der Waals surface area contributed by atoms with Gasteiger partial charge >= 0.3 is 5.69 Å². The summed E-state index contributed by atoms with van der Waals surface area (Å²) in [6.45, 7) is 4.66. The monoisotopic (exact) mass is 381 g/mol. The van der Waals surface area contributed by atoms with Crippen LogP contribution in [0.15, 0.2) is 53.3 Å². The number of carbonyl (C=O) groups is 1. The summed E-state index contributed by atoms with van der Waals surface area (Å²) in [6.07, 6.45) is 1.57. The smallest absolute Gasteiger partial charge is 0.329 e. The van der Waals surface area contributed by atoms with Gasteiger partial charge < -0.3 is 10.1 Å². The Hall–Kier alpha value is -3.02. The Morgan fingerprint density at radius 3 is 2.32 bits per heavy atom. The van der Waals surface area contributed by atoms with Crippen LogP contribution < -0.4 is 15.7 Å². The fourth-order valence-corrected chi connectivity index (χ4v) is 3.60. The van der Waals surface area contributed by atoms with Crippen molar-refractivity contribution in [2.75, 3.05) is 7.11 Å². The third-order valence-electron chi connectivity index (χ3n) is 4.93. The number of hydrogen-bond acceptors (Lipinski definition) is 3. The summed E-state index contributed by atoms with van der Waals surface area (Å²) in [5.74, 6) is 0.547. The molecule has 3 rings (SSSR count). The van der Waals surface area contributed by atoms with E-state index in [0.717, 1.165) is 35.2 Å². The number of amides is 1. The Morgan fingerprint density at radius 1 is 1.04 bits per heavy atom. The molecule has 148 valence electrons. The van der Waals surface area contributed by atoms with E-state index in [-0.39, 0.29) is 24.2 Å². The molecule has 1 N–H and O–H groups in total. The lowest BCUT2D eigenvalue weighted by atomic mass is 10.0. The molecule has 28 heavy (non-hydrogen) atoms. The van der Waals surface area contributed by atoms with Crippen LogP contribution in [0.4, 0.5) is 0 Å². The predicted molar refractivity (Wildman–Crippen MR) is 111 cm³/mol. The van der Waals surface area contributed by atoms with Crippen LogP contribution in [-0.4, -0.2) is 22.2 Å². The van der Waals surface area contributed by atoms with Crippen molar-refractivity contribution in [1.29, 1.82) is 0 Å². The molecular weight excluding hydrogens is 354 g/mol. The highest BCUT2D eigenvalue weighted by Gasteiger charge is 2.19. The molecule has 1 aromatic heterocycles.